The second kappa shape index (κ2) is 16.6. The zero-order valence-electron chi connectivity index (χ0n) is 16.0. The number of thioether (sulfide) groups is 1. The molecule has 0 saturated carbocycles. The average molecular weight is 498 g/mol. The Labute approximate surface area is 178 Å². The molecule has 1 aromatic carbocycles. The van der Waals surface area contributed by atoms with Crippen LogP contribution in [-0.4, -0.2) is 70.6 Å². The van der Waals surface area contributed by atoms with E-state index in [4.69, 9.17) is 4.74 Å². The molecule has 0 fully saturated rings. The van der Waals surface area contributed by atoms with Gasteiger partial charge in [-0.15, -0.1) is 24.0 Å². The first-order valence-corrected chi connectivity index (χ1v) is 9.76. The van der Waals surface area contributed by atoms with Crippen molar-refractivity contribution in [3.8, 4) is 0 Å². The van der Waals surface area contributed by atoms with E-state index in [0.29, 0.717) is 5.75 Å². The Balaban J connectivity index is 0.00000625. The molecule has 0 saturated heterocycles. The fourth-order valence-corrected chi connectivity index (χ4v) is 3.06. The van der Waals surface area contributed by atoms with Crippen LogP contribution in [-0.2, 0) is 10.5 Å². The number of hydrogen-bond acceptors (Lipinski definition) is 4. The largest absolute Gasteiger partial charge is 0.385 e. The summed E-state index contributed by atoms with van der Waals surface area (Å²) < 4.78 is 18.6. The van der Waals surface area contributed by atoms with Crippen LogP contribution in [0.25, 0.3) is 0 Å². The molecule has 1 aromatic rings. The monoisotopic (exact) mass is 498 g/mol. The maximum atomic E-state index is 13.5. The van der Waals surface area contributed by atoms with E-state index in [9.17, 15) is 4.39 Å². The Kier molecular flexibility index (Phi) is 16.2. The van der Waals surface area contributed by atoms with Gasteiger partial charge in [0.2, 0.25) is 0 Å². The summed E-state index contributed by atoms with van der Waals surface area (Å²) in [5, 5.41) is 6.59. The van der Waals surface area contributed by atoms with E-state index in [-0.39, 0.29) is 29.8 Å². The van der Waals surface area contributed by atoms with E-state index in [0.717, 1.165) is 56.5 Å². The van der Waals surface area contributed by atoms with Crippen LogP contribution in [0.4, 0.5) is 4.39 Å². The molecule has 0 aliphatic heterocycles. The molecule has 0 aliphatic carbocycles. The van der Waals surface area contributed by atoms with Crippen LogP contribution in [0.15, 0.2) is 29.3 Å². The van der Waals surface area contributed by atoms with Gasteiger partial charge in [-0.2, -0.15) is 11.8 Å². The van der Waals surface area contributed by atoms with Gasteiger partial charge in [0.25, 0.3) is 0 Å². The number of methoxy groups -OCH3 is 1. The molecule has 0 unspecified atom stereocenters. The smallest absolute Gasteiger partial charge is 0.191 e. The van der Waals surface area contributed by atoms with Crippen LogP contribution in [0.5, 0.6) is 0 Å². The van der Waals surface area contributed by atoms with Gasteiger partial charge in [-0.25, -0.2) is 4.39 Å². The van der Waals surface area contributed by atoms with E-state index < -0.39 is 0 Å². The van der Waals surface area contributed by atoms with Crippen molar-refractivity contribution in [3.05, 3.63) is 35.6 Å². The zero-order chi connectivity index (χ0) is 18.3. The molecule has 2 N–H and O–H groups in total. The highest BCUT2D eigenvalue weighted by molar-refractivity contribution is 14.0. The van der Waals surface area contributed by atoms with E-state index in [1.165, 1.54) is 6.07 Å². The number of halogens is 2. The van der Waals surface area contributed by atoms with Crippen LogP contribution in [0, 0.1) is 5.82 Å². The Hall–Kier alpha value is -0.580. The van der Waals surface area contributed by atoms with Crippen LogP contribution in [0.2, 0.25) is 0 Å². The van der Waals surface area contributed by atoms with Crippen molar-refractivity contribution >= 4 is 41.7 Å². The summed E-state index contributed by atoms with van der Waals surface area (Å²) in [6.45, 7) is 4.40. The van der Waals surface area contributed by atoms with E-state index in [1.54, 1.807) is 32.0 Å². The summed E-state index contributed by atoms with van der Waals surface area (Å²) in [5.74, 6) is 2.25. The molecule has 150 valence electrons. The molecule has 0 atom stereocenters. The zero-order valence-corrected chi connectivity index (χ0v) is 19.1. The number of hydrogen-bond donors (Lipinski definition) is 2. The fourth-order valence-electron chi connectivity index (χ4n) is 2.22. The van der Waals surface area contributed by atoms with Crippen molar-refractivity contribution in [2.24, 2.45) is 4.99 Å². The standard InChI is InChI=1S/C18H31FN4OS.HI/c1-20-18(21-9-12-23(2)11-6-13-24-3)22-10-14-25-15-16-7-4-5-8-17(16)19;/h4-5,7-8H,6,9-15H2,1-3H3,(H2,20,21,22);1H. The highest BCUT2D eigenvalue weighted by Gasteiger charge is 2.02. The second-order valence-electron chi connectivity index (χ2n) is 5.72. The third-order valence-electron chi connectivity index (χ3n) is 3.65. The van der Waals surface area contributed by atoms with Gasteiger partial charge >= 0.3 is 0 Å². The number of aliphatic imine (C=N–C) groups is 1. The Morgan fingerprint density at radius 3 is 2.65 bits per heavy atom. The lowest BCUT2D eigenvalue weighted by molar-refractivity contribution is 0.180. The topological polar surface area (TPSA) is 48.9 Å². The summed E-state index contributed by atoms with van der Waals surface area (Å²) in [6, 6.07) is 6.93. The molecule has 0 radical (unpaired) electrons. The van der Waals surface area contributed by atoms with E-state index in [2.05, 4.69) is 27.6 Å². The highest BCUT2D eigenvalue weighted by atomic mass is 127. The number of benzene rings is 1. The summed E-state index contributed by atoms with van der Waals surface area (Å²) in [7, 11) is 5.60. The molecular formula is C18H32FIN4OS. The first-order valence-electron chi connectivity index (χ1n) is 8.60. The van der Waals surface area contributed by atoms with Crippen LogP contribution >= 0.6 is 35.7 Å². The normalized spacial score (nSPS) is 11.3. The predicted molar refractivity (Wildman–Crippen MR) is 121 cm³/mol. The van der Waals surface area contributed by atoms with Crippen molar-refractivity contribution in [2.75, 3.05) is 59.7 Å². The first kappa shape index (κ1) is 25.4. The summed E-state index contributed by atoms with van der Waals surface area (Å²) >= 11 is 1.71. The minimum absolute atomic E-state index is 0. The van der Waals surface area contributed by atoms with Crippen molar-refractivity contribution in [1.82, 2.24) is 15.5 Å². The number of nitrogens with one attached hydrogen (secondary N) is 2. The average Bonchev–Trinajstić information content (AvgIpc) is 2.61. The number of likely N-dealkylation sites (N-methyl/N-ethyl adjacent to an activating group) is 1. The SMILES string of the molecule is CN=C(NCCSCc1ccccc1F)NCCN(C)CCCOC.I. The molecule has 0 amide bonds. The third-order valence-corrected chi connectivity index (χ3v) is 4.66. The Morgan fingerprint density at radius 1 is 1.23 bits per heavy atom. The number of guanidine groups is 1. The quantitative estimate of drug-likeness (QED) is 0.201. The minimum atomic E-state index is -0.130. The Morgan fingerprint density at radius 2 is 1.96 bits per heavy atom. The molecule has 0 heterocycles. The second-order valence-corrected chi connectivity index (χ2v) is 6.82. The minimum Gasteiger partial charge on any atom is -0.385 e. The van der Waals surface area contributed by atoms with Crippen LogP contribution in [0.3, 0.4) is 0 Å². The molecule has 0 spiro atoms. The molecular weight excluding hydrogens is 466 g/mol. The molecule has 26 heavy (non-hydrogen) atoms. The van der Waals surface area contributed by atoms with Crippen LogP contribution in [0.1, 0.15) is 12.0 Å². The Bertz CT molecular complexity index is 508. The number of nitrogens with zero attached hydrogens (tertiary/aromatic N) is 2. The van der Waals surface area contributed by atoms with Gasteiger partial charge in [-0.05, 0) is 25.1 Å². The predicted octanol–water partition coefficient (Wildman–Crippen LogP) is 2.81. The van der Waals surface area contributed by atoms with Gasteiger partial charge < -0.3 is 20.3 Å². The fraction of sp³-hybridized carbons (Fsp3) is 0.611. The van der Waals surface area contributed by atoms with Crippen molar-refractivity contribution in [2.45, 2.75) is 12.2 Å². The lowest BCUT2D eigenvalue weighted by Gasteiger charge is -2.18. The molecule has 0 bridgehead atoms. The van der Waals surface area contributed by atoms with Crippen molar-refractivity contribution in [1.29, 1.82) is 0 Å². The lowest BCUT2D eigenvalue weighted by Crippen LogP contribution is -2.41. The lowest BCUT2D eigenvalue weighted by atomic mass is 10.2. The summed E-state index contributed by atoms with van der Waals surface area (Å²) in [4.78, 5) is 6.48. The van der Waals surface area contributed by atoms with Gasteiger partial charge in [-0.1, -0.05) is 18.2 Å². The van der Waals surface area contributed by atoms with Crippen LogP contribution < -0.4 is 10.6 Å². The van der Waals surface area contributed by atoms with Gasteiger partial charge in [0, 0.05) is 58.4 Å². The number of rotatable bonds is 12. The van der Waals surface area contributed by atoms with Gasteiger partial charge in [-0.3, -0.25) is 4.99 Å². The van der Waals surface area contributed by atoms with Gasteiger partial charge in [0.1, 0.15) is 5.82 Å². The van der Waals surface area contributed by atoms with Crippen molar-refractivity contribution in [3.63, 3.8) is 0 Å². The van der Waals surface area contributed by atoms with Crippen molar-refractivity contribution < 1.29 is 9.13 Å². The number of ether oxygens (including phenoxy) is 1. The van der Waals surface area contributed by atoms with E-state index >= 15 is 0 Å². The maximum Gasteiger partial charge on any atom is 0.191 e. The van der Waals surface area contributed by atoms with Gasteiger partial charge in [0.15, 0.2) is 5.96 Å². The highest BCUT2D eigenvalue weighted by Crippen LogP contribution is 2.14. The first-order chi connectivity index (χ1) is 12.2. The molecule has 1 rings (SSSR count). The molecule has 8 heteroatoms. The molecule has 0 aromatic heterocycles. The molecule has 5 nitrogen and oxygen atoms in total. The molecule has 0 aliphatic rings. The van der Waals surface area contributed by atoms with Gasteiger partial charge in [0.05, 0.1) is 0 Å². The maximum absolute atomic E-state index is 13.5. The third kappa shape index (κ3) is 11.9. The summed E-state index contributed by atoms with van der Waals surface area (Å²) in [6.07, 6.45) is 1.04. The van der Waals surface area contributed by atoms with E-state index in [1.807, 2.05) is 12.1 Å². The summed E-state index contributed by atoms with van der Waals surface area (Å²) in [5.41, 5.74) is 0.756.